The number of primary amides is 1. The van der Waals surface area contributed by atoms with E-state index in [4.69, 9.17) is 5.73 Å². The van der Waals surface area contributed by atoms with Crippen LogP contribution in [0.25, 0.3) is 0 Å². The summed E-state index contributed by atoms with van der Waals surface area (Å²) in [5, 5.41) is 0. The van der Waals surface area contributed by atoms with Crippen molar-refractivity contribution in [3.63, 3.8) is 0 Å². The maximum atomic E-state index is 11.3. The van der Waals surface area contributed by atoms with Crippen molar-refractivity contribution in [1.29, 1.82) is 0 Å². The molecule has 2 bridgehead atoms. The maximum absolute atomic E-state index is 11.3. The molecule has 0 spiro atoms. The normalized spacial score (nSPS) is 34.6. The van der Waals surface area contributed by atoms with Crippen molar-refractivity contribution in [2.45, 2.75) is 45.1 Å². The third-order valence-electron chi connectivity index (χ3n) is 4.65. The van der Waals surface area contributed by atoms with E-state index in [9.17, 15) is 4.79 Å². The van der Waals surface area contributed by atoms with Gasteiger partial charge in [-0.05, 0) is 50.5 Å². The summed E-state index contributed by atoms with van der Waals surface area (Å²) in [6.45, 7) is 3.09. The highest BCUT2D eigenvalue weighted by Gasteiger charge is 2.40. The summed E-state index contributed by atoms with van der Waals surface area (Å²) in [4.78, 5) is 13.5. The molecule has 3 nitrogen and oxygen atoms in total. The Balaban J connectivity index is 1.87. The van der Waals surface area contributed by atoms with Crippen LogP contribution in [0.15, 0.2) is 0 Å². The molecule has 1 amide bonds. The van der Waals surface area contributed by atoms with Crippen LogP contribution in [0.1, 0.15) is 39.0 Å². The van der Waals surface area contributed by atoms with Crippen LogP contribution in [-0.4, -0.2) is 30.4 Å². The van der Waals surface area contributed by atoms with Crippen LogP contribution >= 0.6 is 0 Å². The summed E-state index contributed by atoms with van der Waals surface area (Å²) in [6, 6.07) is -0.0703. The van der Waals surface area contributed by atoms with E-state index in [1.165, 1.54) is 25.7 Å². The standard InChI is InChI=1S/C13H24N2O/c1-3-12(13(14)16)15(2)8-11-7-9-4-5-10(11)6-9/h9-12H,3-8H2,1-2H3,(H2,14,16). The van der Waals surface area contributed by atoms with Crippen LogP contribution in [0, 0.1) is 17.8 Å². The molecule has 0 radical (unpaired) electrons. The molecule has 0 aromatic rings. The zero-order chi connectivity index (χ0) is 11.7. The lowest BCUT2D eigenvalue weighted by molar-refractivity contribution is -0.123. The smallest absolute Gasteiger partial charge is 0.234 e. The van der Waals surface area contributed by atoms with Gasteiger partial charge in [0.15, 0.2) is 0 Å². The van der Waals surface area contributed by atoms with Crippen LogP contribution in [0.5, 0.6) is 0 Å². The topological polar surface area (TPSA) is 46.3 Å². The largest absolute Gasteiger partial charge is 0.368 e. The Morgan fingerprint density at radius 3 is 2.62 bits per heavy atom. The average Bonchev–Trinajstić information content (AvgIpc) is 2.79. The fourth-order valence-electron chi connectivity index (χ4n) is 3.83. The van der Waals surface area contributed by atoms with Gasteiger partial charge in [-0.1, -0.05) is 13.3 Å². The number of nitrogens with two attached hydrogens (primary N) is 1. The molecule has 2 aliphatic rings. The molecule has 16 heavy (non-hydrogen) atoms. The molecule has 0 aromatic heterocycles. The summed E-state index contributed by atoms with van der Waals surface area (Å²) in [7, 11) is 2.05. The zero-order valence-corrected chi connectivity index (χ0v) is 10.5. The number of rotatable bonds is 5. The van der Waals surface area contributed by atoms with E-state index in [0.29, 0.717) is 0 Å². The van der Waals surface area contributed by atoms with E-state index >= 15 is 0 Å². The minimum Gasteiger partial charge on any atom is -0.368 e. The lowest BCUT2D eigenvalue weighted by Gasteiger charge is -2.30. The number of hydrogen-bond donors (Lipinski definition) is 1. The Kier molecular flexibility index (Phi) is 3.53. The highest BCUT2D eigenvalue weighted by Crippen LogP contribution is 2.48. The molecule has 0 saturated heterocycles. The minimum atomic E-state index is -0.173. The van der Waals surface area contributed by atoms with Crippen molar-refractivity contribution in [3.8, 4) is 0 Å². The van der Waals surface area contributed by atoms with Gasteiger partial charge in [0, 0.05) is 6.54 Å². The third-order valence-corrected chi connectivity index (χ3v) is 4.65. The molecule has 2 saturated carbocycles. The Bertz CT molecular complexity index is 267. The van der Waals surface area contributed by atoms with Gasteiger partial charge in [0.25, 0.3) is 0 Å². The molecule has 0 aromatic carbocycles. The highest BCUT2D eigenvalue weighted by atomic mass is 16.1. The van der Waals surface area contributed by atoms with Crippen molar-refractivity contribution >= 4 is 5.91 Å². The number of fused-ring (bicyclic) bond motifs is 2. The molecule has 4 atom stereocenters. The van der Waals surface area contributed by atoms with Crippen molar-refractivity contribution in [3.05, 3.63) is 0 Å². The van der Waals surface area contributed by atoms with Gasteiger partial charge in [0.1, 0.15) is 0 Å². The summed E-state index contributed by atoms with van der Waals surface area (Å²) < 4.78 is 0. The summed E-state index contributed by atoms with van der Waals surface area (Å²) in [5.41, 5.74) is 5.42. The molecule has 92 valence electrons. The second kappa shape index (κ2) is 4.74. The third kappa shape index (κ3) is 2.24. The van der Waals surface area contributed by atoms with Gasteiger partial charge in [-0.3, -0.25) is 9.69 Å². The van der Waals surface area contributed by atoms with E-state index in [0.717, 1.165) is 30.7 Å². The Hall–Kier alpha value is -0.570. The van der Waals surface area contributed by atoms with E-state index < -0.39 is 0 Å². The number of nitrogens with zero attached hydrogens (tertiary/aromatic N) is 1. The van der Waals surface area contributed by atoms with E-state index in [-0.39, 0.29) is 11.9 Å². The molecule has 2 aliphatic carbocycles. The van der Waals surface area contributed by atoms with Crippen molar-refractivity contribution in [1.82, 2.24) is 4.90 Å². The molecule has 3 heteroatoms. The van der Waals surface area contributed by atoms with Crippen LogP contribution < -0.4 is 5.73 Å². The molecule has 2 N–H and O–H groups in total. The van der Waals surface area contributed by atoms with Crippen molar-refractivity contribution in [2.24, 2.45) is 23.5 Å². The quantitative estimate of drug-likeness (QED) is 0.771. The predicted molar refractivity (Wildman–Crippen MR) is 64.8 cm³/mol. The van der Waals surface area contributed by atoms with Gasteiger partial charge in [-0.2, -0.15) is 0 Å². The molecule has 4 unspecified atom stereocenters. The second-order valence-electron chi connectivity index (χ2n) is 5.70. The Morgan fingerprint density at radius 2 is 2.19 bits per heavy atom. The first-order valence-corrected chi connectivity index (χ1v) is 6.61. The first kappa shape index (κ1) is 11.9. The van der Waals surface area contributed by atoms with Gasteiger partial charge in [-0.15, -0.1) is 0 Å². The Morgan fingerprint density at radius 1 is 1.44 bits per heavy atom. The average molecular weight is 224 g/mol. The second-order valence-corrected chi connectivity index (χ2v) is 5.70. The SMILES string of the molecule is CCC(C(N)=O)N(C)CC1CC2CCC1C2. The summed E-state index contributed by atoms with van der Waals surface area (Å²) >= 11 is 0. The summed E-state index contributed by atoms with van der Waals surface area (Å²) in [6.07, 6.45) is 6.50. The first-order chi connectivity index (χ1) is 7.61. The number of carbonyl (C=O) groups is 1. The number of carbonyl (C=O) groups excluding carboxylic acids is 1. The Labute approximate surface area is 98.4 Å². The van der Waals surface area contributed by atoms with Gasteiger partial charge < -0.3 is 5.73 Å². The number of amides is 1. The molecule has 0 aliphatic heterocycles. The van der Waals surface area contributed by atoms with E-state index in [2.05, 4.69) is 4.90 Å². The van der Waals surface area contributed by atoms with Gasteiger partial charge in [0.2, 0.25) is 5.91 Å². The molecule has 2 fully saturated rings. The molecular formula is C13H24N2O. The lowest BCUT2D eigenvalue weighted by Crippen LogP contribution is -2.44. The number of hydrogen-bond acceptors (Lipinski definition) is 2. The predicted octanol–water partition coefficient (Wildman–Crippen LogP) is 1.62. The van der Waals surface area contributed by atoms with Crippen LogP contribution in [0.2, 0.25) is 0 Å². The van der Waals surface area contributed by atoms with Crippen molar-refractivity contribution < 1.29 is 4.79 Å². The minimum absolute atomic E-state index is 0.0703. The fourth-order valence-corrected chi connectivity index (χ4v) is 3.83. The molecule has 0 heterocycles. The summed E-state index contributed by atoms with van der Waals surface area (Å²) in [5.74, 6) is 2.56. The van der Waals surface area contributed by atoms with Crippen LogP contribution in [0.3, 0.4) is 0 Å². The number of likely N-dealkylation sites (N-methyl/N-ethyl adjacent to an activating group) is 1. The molecule has 2 rings (SSSR count). The van der Waals surface area contributed by atoms with Crippen LogP contribution in [0.4, 0.5) is 0 Å². The van der Waals surface area contributed by atoms with Gasteiger partial charge >= 0.3 is 0 Å². The van der Waals surface area contributed by atoms with E-state index in [1.54, 1.807) is 0 Å². The highest BCUT2D eigenvalue weighted by molar-refractivity contribution is 5.79. The van der Waals surface area contributed by atoms with Crippen LogP contribution in [-0.2, 0) is 4.79 Å². The monoisotopic (exact) mass is 224 g/mol. The lowest BCUT2D eigenvalue weighted by atomic mass is 9.88. The maximum Gasteiger partial charge on any atom is 0.234 e. The van der Waals surface area contributed by atoms with Crippen molar-refractivity contribution in [2.75, 3.05) is 13.6 Å². The van der Waals surface area contributed by atoms with Gasteiger partial charge in [0.05, 0.1) is 6.04 Å². The van der Waals surface area contributed by atoms with Gasteiger partial charge in [-0.25, -0.2) is 0 Å². The molecular weight excluding hydrogens is 200 g/mol. The fraction of sp³-hybridized carbons (Fsp3) is 0.923. The van der Waals surface area contributed by atoms with E-state index in [1.807, 2.05) is 14.0 Å². The zero-order valence-electron chi connectivity index (χ0n) is 10.5. The first-order valence-electron chi connectivity index (χ1n) is 6.61.